The zero-order valence-electron chi connectivity index (χ0n) is 14.4. The molecule has 3 heterocycles. The lowest BCUT2D eigenvalue weighted by molar-refractivity contribution is 0.104. The number of rotatable bonds is 4. The van der Waals surface area contributed by atoms with Crippen LogP contribution in [0, 0.1) is 5.82 Å². The van der Waals surface area contributed by atoms with E-state index in [4.69, 9.17) is 0 Å². The van der Waals surface area contributed by atoms with Crippen molar-refractivity contribution < 1.29 is 17.6 Å². The Labute approximate surface area is 165 Å². The van der Waals surface area contributed by atoms with E-state index in [1.54, 1.807) is 29.8 Å². The molecule has 1 N–H and O–H groups in total. The normalized spacial score (nSPS) is 16.8. The van der Waals surface area contributed by atoms with Crippen LogP contribution >= 0.6 is 11.3 Å². The smallest absolute Gasteiger partial charge is 0.270 e. The number of nitrogens with zero attached hydrogens (tertiary/aromatic N) is 2. The molecule has 0 saturated carbocycles. The number of pyridine rings is 1. The fourth-order valence-corrected chi connectivity index (χ4v) is 5.29. The molecule has 0 fully saturated rings. The molecule has 0 spiro atoms. The van der Waals surface area contributed by atoms with Gasteiger partial charge in [-0.1, -0.05) is 12.1 Å². The number of anilines is 2. The summed E-state index contributed by atoms with van der Waals surface area (Å²) in [4.78, 5) is 16.7. The number of sulfonamides is 1. The second kappa shape index (κ2) is 7.17. The average Bonchev–Trinajstić information content (AvgIpc) is 3.17. The molecule has 3 aromatic rings. The van der Waals surface area contributed by atoms with E-state index in [2.05, 4.69) is 10.3 Å². The molecule has 0 atom stereocenters. The van der Waals surface area contributed by atoms with E-state index in [1.807, 2.05) is 0 Å². The molecule has 1 aromatic carbocycles. The quantitative estimate of drug-likeness (QED) is 0.656. The summed E-state index contributed by atoms with van der Waals surface area (Å²) in [5, 5.41) is 4.49. The van der Waals surface area contributed by atoms with Crippen LogP contribution in [0.1, 0.15) is 15.2 Å². The van der Waals surface area contributed by atoms with Crippen molar-refractivity contribution in [3.8, 4) is 0 Å². The van der Waals surface area contributed by atoms with Crippen LogP contribution < -0.4 is 9.62 Å². The Morgan fingerprint density at radius 1 is 1.18 bits per heavy atom. The van der Waals surface area contributed by atoms with Gasteiger partial charge in [0.05, 0.1) is 24.1 Å². The van der Waals surface area contributed by atoms with Crippen molar-refractivity contribution in [1.29, 1.82) is 0 Å². The fraction of sp³-hybridized carbons (Fsp3) is 0.0526. The van der Waals surface area contributed by atoms with E-state index >= 15 is 0 Å². The largest absolute Gasteiger partial charge is 0.359 e. The number of carbonyl (C=O) groups excluding carboxylic acids is 1. The second-order valence-electron chi connectivity index (χ2n) is 6.00. The number of nitrogens with one attached hydrogen (secondary N) is 1. The summed E-state index contributed by atoms with van der Waals surface area (Å²) < 4.78 is 40.7. The zero-order valence-corrected chi connectivity index (χ0v) is 16.0. The topological polar surface area (TPSA) is 79.4 Å². The Bertz CT molecular complexity index is 1160. The third kappa shape index (κ3) is 3.30. The van der Waals surface area contributed by atoms with E-state index < -0.39 is 21.6 Å². The number of Topliss-reactive ketones (excluding diaryl/α,β-unsaturated/α-hetero) is 1. The Kier molecular flexibility index (Phi) is 4.70. The van der Waals surface area contributed by atoms with Gasteiger partial charge >= 0.3 is 0 Å². The minimum Gasteiger partial charge on any atom is -0.359 e. The van der Waals surface area contributed by atoms with E-state index in [-0.39, 0.29) is 11.4 Å². The van der Waals surface area contributed by atoms with Crippen molar-refractivity contribution in [1.82, 2.24) is 4.98 Å². The van der Waals surface area contributed by atoms with Crippen LogP contribution in [0.2, 0.25) is 0 Å². The first-order valence-corrected chi connectivity index (χ1v) is 10.5. The first-order valence-electron chi connectivity index (χ1n) is 8.23. The number of benzene rings is 1. The number of hydrogen-bond donors (Lipinski definition) is 1. The van der Waals surface area contributed by atoms with Crippen LogP contribution in [0.5, 0.6) is 0 Å². The van der Waals surface area contributed by atoms with Crippen LogP contribution in [0.25, 0.3) is 0 Å². The SMILES string of the molecule is O=C1C(=CNc2cccnc2)S(=O)(=O)N(Cc2ccc(F)cc2)c2ccsc21. The number of halogens is 1. The predicted molar refractivity (Wildman–Crippen MR) is 106 cm³/mol. The number of fused-ring (bicyclic) bond motifs is 1. The van der Waals surface area contributed by atoms with E-state index in [1.165, 1.54) is 52.3 Å². The highest BCUT2D eigenvalue weighted by molar-refractivity contribution is 7.97. The van der Waals surface area contributed by atoms with E-state index in [0.29, 0.717) is 21.8 Å². The summed E-state index contributed by atoms with van der Waals surface area (Å²) in [6, 6.07) is 10.6. The maximum Gasteiger partial charge on any atom is 0.270 e. The van der Waals surface area contributed by atoms with Crippen molar-refractivity contribution in [2.24, 2.45) is 0 Å². The third-order valence-electron chi connectivity index (χ3n) is 4.18. The Hall–Kier alpha value is -3.04. The zero-order chi connectivity index (χ0) is 19.7. The maximum atomic E-state index is 13.2. The van der Waals surface area contributed by atoms with Gasteiger partial charge < -0.3 is 5.32 Å². The molecule has 0 radical (unpaired) electrons. The molecule has 0 amide bonds. The van der Waals surface area contributed by atoms with Gasteiger partial charge in [0.2, 0.25) is 5.78 Å². The van der Waals surface area contributed by atoms with Crippen LogP contribution in [0.3, 0.4) is 0 Å². The average molecular weight is 415 g/mol. The van der Waals surface area contributed by atoms with Gasteiger partial charge in [-0.05, 0) is 41.3 Å². The summed E-state index contributed by atoms with van der Waals surface area (Å²) in [5.74, 6) is -0.963. The van der Waals surface area contributed by atoms with E-state index in [0.717, 1.165) is 0 Å². The fourth-order valence-electron chi connectivity index (χ4n) is 2.81. The van der Waals surface area contributed by atoms with Crippen molar-refractivity contribution in [2.75, 3.05) is 9.62 Å². The third-order valence-corrected chi connectivity index (χ3v) is 6.85. The molecule has 9 heteroatoms. The minimum absolute atomic E-state index is 0.0101. The van der Waals surface area contributed by atoms with E-state index in [9.17, 15) is 17.6 Å². The van der Waals surface area contributed by atoms with Gasteiger partial charge in [-0.15, -0.1) is 11.3 Å². The number of carbonyl (C=O) groups is 1. The molecule has 0 unspecified atom stereocenters. The first kappa shape index (κ1) is 18.3. The summed E-state index contributed by atoms with van der Waals surface area (Å²) in [7, 11) is -4.10. The minimum atomic E-state index is -4.10. The molecule has 142 valence electrons. The molecule has 0 bridgehead atoms. The summed E-state index contributed by atoms with van der Waals surface area (Å²) >= 11 is 1.18. The summed E-state index contributed by atoms with van der Waals surface area (Å²) in [6.07, 6.45) is 4.29. The van der Waals surface area contributed by atoms with Gasteiger partial charge in [-0.2, -0.15) is 0 Å². The monoisotopic (exact) mass is 415 g/mol. The van der Waals surface area contributed by atoms with Crippen molar-refractivity contribution >= 4 is 38.5 Å². The van der Waals surface area contributed by atoms with Gasteiger partial charge in [-0.3, -0.25) is 14.1 Å². The number of ketones is 1. The van der Waals surface area contributed by atoms with Crippen LogP contribution in [0.4, 0.5) is 15.8 Å². The Balaban J connectivity index is 1.75. The molecule has 4 rings (SSSR count). The molecule has 0 saturated heterocycles. The van der Waals surface area contributed by atoms with Gasteiger partial charge in [0.15, 0.2) is 4.91 Å². The Morgan fingerprint density at radius 2 is 1.96 bits per heavy atom. The van der Waals surface area contributed by atoms with Gasteiger partial charge in [-0.25, -0.2) is 12.8 Å². The van der Waals surface area contributed by atoms with Crippen molar-refractivity contribution in [3.63, 3.8) is 0 Å². The lowest BCUT2D eigenvalue weighted by atomic mass is 10.2. The Morgan fingerprint density at radius 3 is 2.68 bits per heavy atom. The summed E-state index contributed by atoms with van der Waals surface area (Å²) in [5.41, 5.74) is 1.49. The lowest BCUT2D eigenvalue weighted by Gasteiger charge is -2.29. The van der Waals surface area contributed by atoms with Crippen LogP contribution in [-0.2, 0) is 16.6 Å². The van der Waals surface area contributed by atoms with Crippen molar-refractivity contribution in [3.05, 3.63) is 87.6 Å². The molecule has 0 aliphatic carbocycles. The standard InChI is InChI=1S/C19H14FN3O3S2/c20-14-5-3-13(4-6-14)12-23-16-7-9-27-19(16)18(24)17(28(23,25)26)11-22-15-2-1-8-21-10-15/h1-11,22H,12H2. The molecule has 2 aromatic heterocycles. The van der Waals surface area contributed by atoms with Gasteiger partial charge in [0, 0.05) is 12.4 Å². The molecule has 6 nitrogen and oxygen atoms in total. The number of thiophene rings is 1. The highest BCUT2D eigenvalue weighted by atomic mass is 32.2. The van der Waals surface area contributed by atoms with Gasteiger partial charge in [0.1, 0.15) is 10.7 Å². The highest BCUT2D eigenvalue weighted by Crippen LogP contribution is 2.39. The van der Waals surface area contributed by atoms with Gasteiger partial charge in [0.25, 0.3) is 10.0 Å². The maximum absolute atomic E-state index is 13.2. The predicted octanol–water partition coefficient (Wildman–Crippen LogP) is 3.77. The van der Waals surface area contributed by atoms with Crippen molar-refractivity contribution in [2.45, 2.75) is 6.54 Å². The molecule has 28 heavy (non-hydrogen) atoms. The van der Waals surface area contributed by atoms with Crippen LogP contribution in [-0.4, -0.2) is 19.2 Å². The van der Waals surface area contributed by atoms with Crippen LogP contribution in [0.15, 0.2) is 71.3 Å². The molecular formula is C19H14FN3O3S2. The second-order valence-corrected chi connectivity index (χ2v) is 8.74. The number of hydrogen-bond acceptors (Lipinski definition) is 6. The molecular weight excluding hydrogens is 401 g/mol. The highest BCUT2D eigenvalue weighted by Gasteiger charge is 2.41. The molecule has 1 aliphatic rings. The summed E-state index contributed by atoms with van der Waals surface area (Å²) in [6.45, 7) is -0.0101. The number of allylic oxidation sites excluding steroid dienone is 1. The molecule has 1 aliphatic heterocycles. The first-order chi connectivity index (χ1) is 13.5. The number of aromatic nitrogens is 1. The lowest BCUT2D eigenvalue weighted by Crippen LogP contribution is -2.38.